The van der Waals surface area contributed by atoms with E-state index in [0.717, 1.165) is 11.1 Å². The van der Waals surface area contributed by atoms with Crippen LogP contribution in [-0.4, -0.2) is 48.2 Å². The third-order valence-electron chi connectivity index (χ3n) is 7.12. The highest BCUT2D eigenvalue weighted by Crippen LogP contribution is 2.24. The van der Waals surface area contributed by atoms with Crippen LogP contribution in [0.1, 0.15) is 47.4 Å². The summed E-state index contributed by atoms with van der Waals surface area (Å²) in [5.41, 5.74) is 4.54. The average Bonchev–Trinajstić information content (AvgIpc) is 2.97. The zero-order chi connectivity index (χ0) is 27.5. The first kappa shape index (κ1) is 27.9. The molecule has 0 fully saturated rings. The highest BCUT2D eigenvalue weighted by molar-refractivity contribution is 5.85. The normalized spacial score (nSPS) is 15.2. The predicted molar refractivity (Wildman–Crippen MR) is 150 cm³/mol. The Balaban J connectivity index is 1.25. The van der Waals surface area contributed by atoms with Crippen LogP contribution in [-0.2, 0) is 22.6 Å². The molecule has 0 saturated carbocycles. The Hall–Kier alpha value is -4.17. The van der Waals surface area contributed by atoms with E-state index in [4.69, 9.17) is 0 Å². The lowest BCUT2D eigenvalue weighted by molar-refractivity contribution is -0.124. The molecule has 0 spiro atoms. The molecular formula is C31H36N4O4. The van der Waals surface area contributed by atoms with E-state index in [-0.39, 0.29) is 23.8 Å². The molecule has 2 atom stereocenters. The van der Waals surface area contributed by atoms with Crippen LogP contribution >= 0.6 is 0 Å². The van der Waals surface area contributed by atoms with Gasteiger partial charge in [-0.05, 0) is 47.9 Å². The molecule has 3 aromatic carbocycles. The lowest BCUT2D eigenvalue weighted by Crippen LogP contribution is -2.48. The fraction of sp³-hybridized carbons (Fsp3) is 0.323. The Morgan fingerprint density at radius 1 is 0.821 bits per heavy atom. The van der Waals surface area contributed by atoms with Crippen molar-refractivity contribution in [3.8, 4) is 0 Å². The van der Waals surface area contributed by atoms with Crippen molar-refractivity contribution in [3.63, 3.8) is 0 Å². The van der Waals surface area contributed by atoms with Gasteiger partial charge in [0.15, 0.2) is 0 Å². The van der Waals surface area contributed by atoms with Crippen molar-refractivity contribution in [3.05, 3.63) is 107 Å². The van der Waals surface area contributed by atoms with Gasteiger partial charge >= 0.3 is 6.09 Å². The van der Waals surface area contributed by atoms with Gasteiger partial charge in [-0.15, -0.1) is 0 Å². The number of unbranched alkanes of at least 4 members (excludes halogenated alkanes) is 1. The molecule has 0 radical (unpaired) electrons. The molecule has 0 unspecified atom stereocenters. The number of carbonyl (C=O) groups is 3. The third kappa shape index (κ3) is 8.15. The minimum atomic E-state index is -1.24. The van der Waals surface area contributed by atoms with Gasteiger partial charge in [-0.3, -0.25) is 9.59 Å². The van der Waals surface area contributed by atoms with Gasteiger partial charge < -0.3 is 26.4 Å². The molecule has 0 bridgehead atoms. The highest BCUT2D eigenvalue weighted by atomic mass is 16.4. The molecule has 5 N–H and O–H groups in total. The SMILES string of the molecule is O=C(O)N[C@@H](CCCCNC(=O)[C@@H]1Cc2ccccc2CN1)C(=O)NCC(c1ccccc1)c1ccccc1. The van der Waals surface area contributed by atoms with E-state index < -0.39 is 12.1 Å². The first-order valence-electron chi connectivity index (χ1n) is 13.5. The van der Waals surface area contributed by atoms with Crippen LogP contribution in [0.15, 0.2) is 84.9 Å². The van der Waals surface area contributed by atoms with E-state index in [9.17, 15) is 19.5 Å². The number of hydrogen-bond donors (Lipinski definition) is 5. The summed E-state index contributed by atoms with van der Waals surface area (Å²) in [5.74, 6) is -0.462. The summed E-state index contributed by atoms with van der Waals surface area (Å²) < 4.78 is 0. The molecule has 0 aromatic heterocycles. The van der Waals surface area contributed by atoms with Crippen LogP contribution in [0.5, 0.6) is 0 Å². The van der Waals surface area contributed by atoms with Crippen molar-refractivity contribution in [2.24, 2.45) is 0 Å². The second-order valence-electron chi connectivity index (χ2n) is 9.81. The van der Waals surface area contributed by atoms with Crippen LogP contribution in [0.2, 0.25) is 0 Å². The summed E-state index contributed by atoms with van der Waals surface area (Å²) in [5, 5.41) is 20.8. The van der Waals surface area contributed by atoms with E-state index >= 15 is 0 Å². The van der Waals surface area contributed by atoms with Crippen LogP contribution in [0.25, 0.3) is 0 Å². The number of hydrogen-bond acceptors (Lipinski definition) is 4. The van der Waals surface area contributed by atoms with Gasteiger partial charge in [0.05, 0.1) is 6.04 Å². The van der Waals surface area contributed by atoms with Crippen molar-refractivity contribution in [2.75, 3.05) is 13.1 Å². The smallest absolute Gasteiger partial charge is 0.405 e. The Kier molecular flexibility index (Phi) is 10.1. The highest BCUT2D eigenvalue weighted by Gasteiger charge is 2.24. The topological polar surface area (TPSA) is 120 Å². The third-order valence-corrected chi connectivity index (χ3v) is 7.12. The van der Waals surface area contributed by atoms with E-state index in [2.05, 4.69) is 33.4 Å². The Bertz CT molecular complexity index is 1200. The van der Waals surface area contributed by atoms with Gasteiger partial charge in [-0.25, -0.2) is 4.79 Å². The summed E-state index contributed by atoms with van der Waals surface area (Å²) in [7, 11) is 0. The molecule has 8 nitrogen and oxygen atoms in total. The van der Waals surface area contributed by atoms with Gasteiger partial charge in [0.2, 0.25) is 11.8 Å². The van der Waals surface area contributed by atoms with Gasteiger partial charge in [-0.2, -0.15) is 0 Å². The fourth-order valence-electron chi connectivity index (χ4n) is 4.99. The standard InChI is InChI=1S/C31H36N4O4/c36-29(34-21-26(22-11-3-1-4-12-22)23-13-5-2-6-14-23)27(35-31(38)39)17-9-10-18-32-30(37)28-19-24-15-7-8-16-25(24)20-33-28/h1-8,11-16,26-28,33,35H,9-10,17-21H2,(H,32,37)(H,34,36)(H,38,39)/t27-,28-/m0/s1. The predicted octanol–water partition coefficient (Wildman–Crippen LogP) is 3.57. The summed E-state index contributed by atoms with van der Waals surface area (Å²) >= 11 is 0. The number of amides is 3. The van der Waals surface area contributed by atoms with Gasteiger partial charge in [-0.1, -0.05) is 84.9 Å². The largest absolute Gasteiger partial charge is 0.465 e. The van der Waals surface area contributed by atoms with Crippen LogP contribution < -0.4 is 21.3 Å². The van der Waals surface area contributed by atoms with Crippen molar-refractivity contribution in [1.82, 2.24) is 21.3 Å². The summed E-state index contributed by atoms with van der Waals surface area (Å²) in [6.45, 7) is 1.48. The second-order valence-corrected chi connectivity index (χ2v) is 9.81. The average molecular weight is 529 g/mol. The maximum Gasteiger partial charge on any atom is 0.405 e. The molecule has 1 heterocycles. The summed E-state index contributed by atoms with van der Waals surface area (Å²) in [6, 6.07) is 26.8. The van der Waals surface area contributed by atoms with E-state index in [1.54, 1.807) is 0 Å². The minimum Gasteiger partial charge on any atom is -0.465 e. The van der Waals surface area contributed by atoms with E-state index in [1.807, 2.05) is 72.8 Å². The van der Waals surface area contributed by atoms with Crippen molar-refractivity contribution < 1.29 is 19.5 Å². The fourth-order valence-corrected chi connectivity index (χ4v) is 4.99. The molecule has 0 saturated heterocycles. The van der Waals surface area contributed by atoms with Gasteiger partial charge in [0, 0.05) is 25.6 Å². The number of rotatable bonds is 12. The molecule has 8 heteroatoms. The molecule has 1 aliphatic rings. The number of carboxylic acid groups (broad SMARTS) is 1. The van der Waals surface area contributed by atoms with Crippen molar-refractivity contribution in [1.29, 1.82) is 0 Å². The molecule has 3 aromatic rings. The molecule has 39 heavy (non-hydrogen) atoms. The molecule has 0 aliphatic carbocycles. The lowest BCUT2D eigenvalue weighted by Gasteiger charge is -2.25. The van der Waals surface area contributed by atoms with Crippen LogP contribution in [0, 0.1) is 0 Å². The minimum absolute atomic E-state index is 0.0460. The Morgan fingerprint density at radius 3 is 2.08 bits per heavy atom. The van der Waals surface area contributed by atoms with Crippen molar-refractivity contribution >= 4 is 17.9 Å². The number of nitrogens with one attached hydrogen (secondary N) is 4. The van der Waals surface area contributed by atoms with Crippen LogP contribution in [0.4, 0.5) is 4.79 Å². The molecular weight excluding hydrogens is 492 g/mol. The molecule has 4 rings (SSSR count). The molecule has 3 amide bonds. The Labute approximate surface area is 229 Å². The quantitative estimate of drug-likeness (QED) is 0.230. The zero-order valence-electron chi connectivity index (χ0n) is 21.9. The van der Waals surface area contributed by atoms with Crippen LogP contribution in [0.3, 0.4) is 0 Å². The van der Waals surface area contributed by atoms with Gasteiger partial charge in [0.25, 0.3) is 0 Å². The zero-order valence-corrected chi connectivity index (χ0v) is 21.9. The monoisotopic (exact) mass is 528 g/mol. The summed E-state index contributed by atoms with van der Waals surface area (Å²) in [4.78, 5) is 37.0. The Morgan fingerprint density at radius 2 is 1.44 bits per heavy atom. The number of fused-ring (bicyclic) bond motifs is 1. The number of benzene rings is 3. The first-order chi connectivity index (χ1) is 19.0. The molecule has 1 aliphatic heterocycles. The van der Waals surface area contributed by atoms with E-state index in [0.29, 0.717) is 45.3 Å². The van der Waals surface area contributed by atoms with Gasteiger partial charge in [0.1, 0.15) is 6.04 Å². The first-order valence-corrected chi connectivity index (χ1v) is 13.5. The second kappa shape index (κ2) is 14.1. The summed E-state index contributed by atoms with van der Waals surface area (Å²) in [6.07, 6.45) is 0.969. The maximum atomic E-state index is 13.0. The van der Waals surface area contributed by atoms with E-state index in [1.165, 1.54) is 11.1 Å². The lowest BCUT2D eigenvalue weighted by atomic mass is 9.91. The van der Waals surface area contributed by atoms with Crippen molar-refractivity contribution in [2.45, 2.75) is 50.2 Å². The maximum absolute atomic E-state index is 13.0. The number of carbonyl (C=O) groups excluding carboxylic acids is 2. The molecule has 204 valence electrons.